The van der Waals surface area contributed by atoms with Crippen LogP contribution in [0.2, 0.25) is 0 Å². The molecule has 1 aliphatic carbocycles. The number of benzene rings is 1. The number of aromatic nitrogens is 2. The number of alkyl halides is 6. The van der Waals surface area contributed by atoms with Crippen LogP contribution in [0.15, 0.2) is 22.7 Å². The van der Waals surface area contributed by atoms with Crippen molar-refractivity contribution in [3.63, 3.8) is 0 Å². The number of nitrogens with one attached hydrogen (secondary N) is 2. The number of halogens is 6. The molecule has 0 aliphatic heterocycles. The summed E-state index contributed by atoms with van der Waals surface area (Å²) in [6.45, 7) is 7.03. The molecule has 0 unspecified atom stereocenters. The number of hydrogen-bond acceptors (Lipinski definition) is 5. The van der Waals surface area contributed by atoms with E-state index in [0.717, 1.165) is 12.8 Å². The predicted octanol–water partition coefficient (Wildman–Crippen LogP) is 5.48. The summed E-state index contributed by atoms with van der Waals surface area (Å²) in [5.74, 6) is 0.460. The molecule has 1 heterocycles. The molecule has 0 spiro atoms. The molecule has 1 fully saturated rings. The van der Waals surface area contributed by atoms with Crippen molar-refractivity contribution in [2.75, 3.05) is 6.54 Å². The van der Waals surface area contributed by atoms with E-state index in [1.54, 1.807) is 0 Å². The van der Waals surface area contributed by atoms with Gasteiger partial charge in [-0.05, 0) is 56.3 Å². The first-order valence-corrected chi connectivity index (χ1v) is 11.3. The molecule has 35 heavy (non-hydrogen) atoms. The molecule has 1 aromatic heterocycles. The molecule has 3 rings (SSSR count). The number of carbonyl (C=O) groups is 1. The fourth-order valence-corrected chi connectivity index (χ4v) is 3.88. The van der Waals surface area contributed by atoms with E-state index >= 15 is 0 Å². The molecule has 1 aromatic carbocycles. The van der Waals surface area contributed by atoms with Crippen molar-refractivity contribution in [1.82, 2.24) is 20.8 Å². The molecular weight excluding hydrogens is 478 g/mol. The van der Waals surface area contributed by atoms with Gasteiger partial charge in [0.15, 0.2) is 5.82 Å². The van der Waals surface area contributed by atoms with Crippen LogP contribution in [0.3, 0.4) is 0 Å². The lowest BCUT2D eigenvalue weighted by atomic mass is 9.86. The summed E-state index contributed by atoms with van der Waals surface area (Å²) in [6.07, 6.45) is -7.38. The molecule has 0 saturated heterocycles. The van der Waals surface area contributed by atoms with Gasteiger partial charge in [0.25, 0.3) is 5.91 Å². The van der Waals surface area contributed by atoms with Gasteiger partial charge in [-0.1, -0.05) is 25.9 Å². The van der Waals surface area contributed by atoms with Crippen LogP contribution in [0.5, 0.6) is 0 Å². The van der Waals surface area contributed by atoms with Gasteiger partial charge in [-0.3, -0.25) is 4.79 Å². The summed E-state index contributed by atoms with van der Waals surface area (Å²) in [7, 11) is 0. The van der Waals surface area contributed by atoms with Crippen molar-refractivity contribution < 1.29 is 35.7 Å². The number of nitrogens with zero attached hydrogens (tertiary/aromatic N) is 2. The Hall–Kier alpha value is -2.63. The Balaban J connectivity index is 1.51. The van der Waals surface area contributed by atoms with Gasteiger partial charge >= 0.3 is 12.4 Å². The van der Waals surface area contributed by atoms with Gasteiger partial charge in [0.05, 0.1) is 17.7 Å². The van der Waals surface area contributed by atoms with Crippen LogP contribution in [0.4, 0.5) is 26.3 Å². The molecule has 0 radical (unpaired) electrons. The van der Waals surface area contributed by atoms with Crippen LogP contribution in [-0.4, -0.2) is 28.6 Å². The molecular formula is C23H28F6N4O2. The van der Waals surface area contributed by atoms with Gasteiger partial charge < -0.3 is 15.2 Å². The first-order chi connectivity index (χ1) is 16.1. The average Bonchev–Trinajstić information content (AvgIpc) is 3.23. The number of amides is 1. The van der Waals surface area contributed by atoms with Gasteiger partial charge in [0.2, 0.25) is 5.89 Å². The second kappa shape index (κ2) is 10.2. The second-order valence-corrected chi connectivity index (χ2v) is 9.88. The summed E-state index contributed by atoms with van der Waals surface area (Å²) in [5.41, 5.74) is -3.92. The fraction of sp³-hybridized carbons (Fsp3) is 0.609. The maximum Gasteiger partial charge on any atom is 0.416 e. The Morgan fingerprint density at radius 1 is 0.971 bits per heavy atom. The van der Waals surface area contributed by atoms with Crippen molar-refractivity contribution in [3.05, 3.63) is 46.6 Å². The first kappa shape index (κ1) is 27.0. The van der Waals surface area contributed by atoms with Crippen molar-refractivity contribution in [2.45, 2.75) is 76.8 Å². The van der Waals surface area contributed by atoms with E-state index in [9.17, 15) is 31.1 Å². The van der Waals surface area contributed by atoms with E-state index < -0.39 is 35.0 Å². The van der Waals surface area contributed by atoms with E-state index in [4.69, 9.17) is 4.52 Å². The summed E-state index contributed by atoms with van der Waals surface area (Å²) < 4.78 is 83.5. The highest BCUT2D eigenvalue weighted by atomic mass is 19.4. The maximum absolute atomic E-state index is 13.0. The number of rotatable bonds is 6. The minimum Gasteiger partial charge on any atom is -0.349 e. The quantitative estimate of drug-likeness (QED) is 0.507. The smallest absolute Gasteiger partial charge is 0.349 e. The highest BCUT2D eigenvalue weighted by Gasteiger charge is 2.37. The van der Waals surface area contributed by atoms with E-state index in [1.807, 2.05) is 20.8 Å². The SMILES string of the molecule is CC(C)(C)c1nc(CNC[C@H]2CC[C@H](NC(=O)c3cc(C(F)(F)F)cc(C(F)(F)F)c3)CC2)no1. The van der Waals surface area contributed by atoms with Crippen molar-refractivity contribution >= 4 is 5.91 Å². The zero-order valence-electron chi connectivity index (χ0n) is 19.6. The first-order valence-electron chi connectivity index (χ1n) is 11.3. The van der Waals surface area contributed by atoms with Gasteiger partial charge in [0.1, 0.15) is 0 Å². The maximum atomic E-state index is 13.0. The van der Waals surface area contributed by atoms with Crippen LogP contribution in [0, 0.1) is 5.92 Å². The van der Waals surface area contributed by atoms with Gasteiger partial charge in [-0.15, -0.1) is 0 Å². The third kappa shape index (κ3) is 7.42. The standard InChI is InChI=1S/C23H28F6N4O2/c1-21(2,3)20-32-18(33-35-20)12-30-11-13-4-6-17(7-5-13)31-19(34)14-8-15(22(24,25)26)10-16(9-14)23(27,28)29/h8-10,13,17,30H,4-7,11-12H2,1-3H3,(H,31,34)/t13-,17-. The Bertz CT molecular complexity index is 986. The van der Waals surface area contributed by atoms with Gasteiger partial charge in [-0.2, -0.15) is 31.3 Å². The minimum atomic E-state index is -5.00. The van der Waals surface area contributed by atoms with Crippen molar-refractivity contribution in [2.24, 2.45) is 5.92 Å². The van der Waals surface area contributed by atoms with E-state index in [0.29, 0.717) is 55.7 Å². The monoisotopic (exact) mass is 506 g/mol. The molecule has 1 aliphatic rings. The van der Waals surface area contributed by atoms with E-state index in [2.05, 4.69) is 20.8 Å². The lowest BCUT2D eigenvalue weighted by Gasteiger charge is -2.29. The molecule has 6 nitrogen and oxygen atoms in total. The van der Waals surface area contributed by atoms with Crippen molar-refractivity contribution in [3.8, 4) is 0 Å². The molecule has 12 heteroatoms. The fourth-order valence-electron chi connectivity index (χ4n) is 3.88. The Morgan fingerprint density at radius 3 is 2.03 bits per heavy atom. The van der Waals surface area contributed by atoms with Crippen LogP contribution in [-0.2, 0) is 24.3 Å². The third-order valence-electron chi connectivity index (χ3n) is 5.86. The predicted molar refractivity (Wildman–Crippen MR) is 114 cm³/mol. The summed E-state index contributed by atoms with van der Waals surface area (Å²) in [6, 6.07) is 0.578. The van der Waals surface area contributed by atoms with Gasteiger partial charge in [-0.25, -0.2) is 0 Å². The molecule has 0 atom stereocenters. The van der Waals surface area contributed by atoms with Crippen LogP contribution in [0.25, 0.3) is 0 Å². The molecule has 0 bridgehead atoms. The Morgan fingerprint density at radius 2 is 1.54 bits per heavy atom. The number of hydrogen-bond donors (Lipinski definition) is 2. The highest BCUT2D eigenvalue weighted by molar-refractivity contribution is 5.94. The van der Waals surface area contributed by atoms with Crippen LogP contribution in [0.1, 0.15) is 79.7 Å². The molecule has 2 N–H and O–H groups in total. The van der Waals surface area contributed by atoms with Crippen LogP contribution >= 0.6 is 0 Å². The normalized spacial score (nSPS) is 19.6. The minimum absolute atomic E-state index is 0.00743. The second-order valence-electron chi connectivity index (χ2n) is 9.88. The lowest BCUT2D eigenvalue weighted by molar-refractivity contribution is -0.143. The highest BCUT2D eigenvalue weighted by Crippen LogP contribution is 2.36. The number of carbonyl (C=O) groups excluding carboxylic acids is 1. The third-order valence-corrected chi connectivity index (χ3v) is 5.86. The van der Waals surface area contributed by atoms with Gasteiger partial charge in [0, 0.05) is 17.0 Å². The molecule has 194 valence electrons. The topological polar surface area (TPSA) is 80.0 Å². The Kier molecular flexibility index (Phi) is 7.83. The molecule has 1 saturated carbocycles. The van der Waals surface area contributed by atoms with Crippen LogP contribution < -0.4 is 10.6 Å². The summed E-state index contributed by atoms with van der Waals surface area (Å²) in [5, 5.41) is 9.80. The molecule has 2 aromatic rings. The lowest BCUT2D eigenvalue weighted by Crippen LogP contribution is -2.39. The zero-order chi connectivity index (χ0) is 26.0. The van der Waals surface area contributed by atoms with E-state index in [-0.39, 0.29) is 17.5 Å². The average molecular weight is 506 g/mol. The van der Waals surface area contributed by atoms with Crippen molar-refractivity contribution in [1.29, 1.82) is 0 Å². The summed E-state index contributed by atoms with van der Waals surface area (Å²) >= 11 is 0. The Labute approximate surface area is 198 Å². The van der Waals surface area contributed by atoms with E-state index in [1.165, 1.54) is 0 Å². The largest absolute Gasteiger partial charge is 0.416 e. The molecule has 1 amide bonds. The summed E-state index contributed by atoms with van der Waals surface area (Å²) in [4.78, 5) is 16.8. The zero-order valence-corrected chi connectivity index (χ0v) is 19.6.